The minimum atomic E-state index is -0.0662. The summed E-state index contributed by atoms with van der Waals surface area (Å²) in [6.07, 6.45) is 4.25. The first kappa shape index (κ1) is 21.8. The van der Waals surface area contributed by atoms with Crippen molar-refractivity contribution in [3.63, 3.8) is 0 Å². The third kappa shape index (κ3) is 7.15. The number of nitrogens with one attached hydrogen (secondary N) is 3. The molecule has 1 saturated heterocycles. The number of carbonyl (C=O) groups excluding carboxylic acids is 1. The van der Waals surface area contributed by atoms with E-state index in [1.54, 1.807) is 13.2 Å². The zero-order valence-corrected chi connectivity index (χ0v) is 17.9. The second-order valence-corrected chi connectivity index (χ2v) is 7.70. The van der Waals surface area contributed by atoms with Gasteiger partial charge in [0.15, 0.2) is 5.96 Å². The number of benzene rings is 1. The van der Waals surface area contributed by atoms with E-state index in [1.807, 2.05) is 19.1 Å². The summed E-state index contributed by atoms with van der Waals surface area (Å²) < 4.78 is 0. The third-order valence-corrected chi connectivity index (χ3v) is 5.22. The van der Waals surface area contributed by atoms with Crippen molar-refractivity contribution in [2.45, 2.75) is 38.8 Å². The van der Waals surface area contributed by atoms with E-state index < -0.39 is 0 Å². The molecule has 1 aliphatic rings. The molecule has 7 nitrogen and oxygen atoms in total. The first-order valence-electron chi connectivity index (χ1n) is 10.6. The molecule has 1 aromatic heterocycles. The van der Waals surface area contributed by atoms with Crippen molar-refractivity contribution >= 4 is 17.7 Å². The molecule has 0 bridgehead atoms. The van der Waals surface area contributed by atoms with Gasteiger partial charge in [0, 0.05) is 51.9 Å². The predicted molar refractivity (Wildman–Crippen MR) is 121 cm³/mol. The Balaban J connectivity index is 1.33. The maximum Gasteiger partial charge on any atom is 0.227 e. The molecular weight excluding hydrogens is 376 g/mol. The number of nitrogens with zero attached hydrogens (tertiary/aromatic N) is 3. The second-order valence-electron chi connectivity index (χ2n) is 7.70. The number of piperidine rings is 1. The molecule has 2 heterocycles. The van der Waals surface area contributed by atoms with Gasteiger partial charge < -0.3 is 16.0 Å². The number of aromatic nitrogens is 1. The largest absolute Gasteiger partial charge is 0.356 e. The lowest BCUT2D eigenvalue weighted by molar-refractivity contribution is -0.116. The molecule has 1 aromatic carbocycles. The van der Waals surface area contributed by atoms with Crippen molar-refractivity contribution in [1.29, 1.82) is 0 Å². The molecule has 3 N–H and O–H groups in total. The summed E-state index contributed by atoms with van der Waals surface area (Å²) in [5.74, 6) is 1.26. The van der Waals surface area contributed by atoms with Gasteiger partial charge in [-0.25, -0.2) is 4.98 Å². The number of pyridine rings is 1. The summed E-state index contributed by atoms with van der Waals surface area (Å²) in [6, 6.07) is 14.7. The Morgan fingerprint density at radius 3 is 2.60 bits per heavy atom. The number of likely N-dealkylation sites (tertiary alicyclic amines) is 1. The fourth-order valence-electron chi connectivity index (χ4n) is 3.51. The van der Waals surface area contributed by atoms with Crippen LogP contribution in [0.4, 0.5) is 5.82 Å². The Bertz CT molecular complexity index is 813. The van der Waals surface area contributed by atoms with Crippen LogP contribution in [0, 0.1) is 6.92 Å². The Morgan fingerprint density at radius 2 is 1.93 bits per heavy atom. The Hall–Kier alpha value is -2.93. The number of rotatable bonds is 7. The average Bonchev–Trinajstić information content (AvgIpc) is 2.76. The van der Waals surface area contributed by atoms with E-state index in [2.05, 4.69) is 61.2 Å². The van der Waals surface area contributed by atoms with Crippen LogP contribution in [-0.2, 0) is 11.3 Å². The number of hydrogen-bond acceptors (Lipinski definition) is 4. The van der Waals surface area contributed by atoms with Crippen molar-refractivity contribution in [1.82, 2.24) is 20.5 Å². The smallest absolute Gasteiger partial charge is 0.227 e. The van der Waals surface area contributed by atoms with E-state index in [0.717, 1.165) is 44.0 Å². The number of guanidine groups is 1. The van der Waals surface area contributed by atoms with Gasteiger partial charge >= 0.3 is 0 Å². The summed E-state index contributed by atoms with van der Waals surface area (Å²) in [5.41, 5.74) is 2.43. The molecule has 0 unspecified atom stereocenters. The highest BCUT2D eigenvalue weighted by Crippen LogP contribution is 2.13. The molecule has 2 aromatic rings. The fraction of sp³-hybridized carbons (Fsp3) is 0.435. The number of aryl methyl sites for hydroxylation is 1. The molecule has 0 radical (unpaired) electrons. The third-order valence-electron chi connectivity index (χ3n) is 5.22. The van der Waals surface area contributed by atoms with Crippen LogP contribution in [0.25, 0.3) is 0 Å². The van der Waals surface area contributed by atoms with Crippen LogP contribution < -0.4 is 16.0 Å². The van der Waals surface area contributed by atoms with Crippen LogP contribution in [0.3, 0.4) is 0 Å². The van der Waals surface area contributed by atoms with Crippen LogP contribution in [0.15, 0.2) is 53.7 Å². The van der Waals surface area contributed by atoms with E-state index in [1.165, 1.54) is 5.56 Å². The first-order valence-corrected chi connectivity index (χ1v) is 10.6. The Kier molecular flexibility index (Phi) is 8.20. The van der Waals surface area contributed by atoms with Crippen LogP contribution in [0.5, 0.6) is 0 Å². The van der Waals surface area contributed by atoms with Crippen LogP contribution in [0.1, 0.15) is 30.4 Å². The van der Waals surface area contributed by atoms with Gasteiger partial charge in [0.1, 0.15) is 5.82 Å². The Morgan fingerprint density at radius 1 is 1.17 bits per heavy atom. The number of hydrogen-bond donors (Lipinski definition) is 3. The van der Waals surface area contributed by atoms with Crippen molar-refractivity contribution in [3.8, 4) is 0 Å². The lowest BCUT2D eigenvalue weighted by atomic mass is 10.0. The summed E-state index contributed by atoms with van der Waals surface area (Å²) in [4.78, 5) is 23.1. The molecule has 0 saturated carbocycles. The van der Waals surface area contributed by atoms with Crippen molar-refractivity contribution in [2.24, 2.45) is 4.99 Å². The zero-order chi connectivity index (χ0) is 21.2. The van der Waals surface area contributed by atoms with E-state index >= 15 is 0 Å². The minimum Gasteiger partial charge on any atom is -0.356 e. The molecule has 0 atom stereocenters. The summed E-state index contributed by atoms with van der Waals surface area (Å²) in [5, 5.41) is 9.54. The molecule has 0 aliphatic carbocycles. The number of amides is 1. The van der Waals surface area contributed by atoms with Crippen LogP contribution >= 0.6 is 0 Å². The van der Waals surface area contributed by atoms with Crippen molar-refractivity contribution in [2.75, 3.05) is 32.0 Å². The number of anilines is 1. The quantitative estimate of drug-likeness (QED) is 0.485. The molecule has 3 rings (SSSR count). The highest BCUT2D eigenvalue weighted by molar-refractivity contribution is 5.90. The number of aliphatic imine (C=N–C) groups is 1. The van der Waals surface area contributed by atoms with Gasteiger partial charge in [-0.05, 0) is 37.0 Å². The van der Waals surface area contributed by atoms with Gasteiger partial charge in [0.25, 0.3) is 0 Å². The topological polar surface area (TPSA) is 81.6 Å². The van der Waals surface area contributed by atoms with E-state index in [9.17, 15) is 4.79 Å². The summed E-state index contributed by atoms with van der Waals surface area (Å²) >= 11 is 0. The fourth-order valence-corrected chi connectivity index (χ4v) is 3.51. The van der Waals surface area contributed by atoms with E-state index in [-0.39, 0.29) is 5.91 Å². The van der Waals surface area contributed by atoms with Gasteiger partial charge in [-0.3, -0.25) is 14.7 Å². The Labute approximate surface area is 179 Å². The second kappa shape index (κ2) is 11.3. The molecule has 1 aliphatic heterocycles. The first-order chi connectivity index (χ1) is 14.6. The van der Waals surface area contributed by atoms with Gasteiger partial charge in [-0.1, -0.05) is 36.4 Å². The maximum absolute atomic E-state index is 12.1. The average molecular weight is 409 g/mol. The van der Waals surface area contributed by atoms with Crippen molar-refractivity contribution < 1.29 is 4.79 Å². The van der Waals surface area contributed by atoms with Gasteiger partial charge in [-0.15, -0.1) is 0 Å². The molecule has 160 valence electrons. The minimum absolute atomic E-state index is 0.0662. The summed E-state index contributed by atoms with van der Waals surface area (Å²) in [7, 11) is 1.76. The van der Waals surface area contributed by atoms with E-state index in [4.69, 9.17) is 0 Å². The molecule has 30 heavy (non-hydrogen) atoms. The summed E-state index contributed by atoms with van der Waals surface area (Å²) in [6.45, 7) is 5.62. The van der Waals surface area contributed by atoms with E-state index in [0.29, 0.717) is 24.8 Å². The lowest BCUT2D eigenvalue weighted by Crippen LogP contribution is -2.48. The standard InChI is InChI=1S/C23H32N6O/c1-18-8-9-21(26-16-18)28-22(30)10-13-25-23(24-2)27-20-11-14-29(15-12-20)17-19-6-4-3-5-7-19/h3-9,16,20H,10-15,17H2,1-2H3,(H2,24,25,27)(H,26,28,30). The van der Waals surface area contributed by atoms with Crippen molar-refractivity contribution in [3.05, 3.63) is 59.8 Å². The number of carbonyl (C=O) groups is 1. The van der Waals surface area contributed by atoms with Gasteiger partial charge in [0.05, 0.1) is 0 Å². The van der Waals surface area contributed by atoms with Crippen LogP contribution in [0.2, 0.25) is 0 Å². The van der Waals surface area contributed by atoms with Gasteiger partial charge in [-0.2, -0.15) is 0 Å². The zero-order valence-electron chi connectivity index (χ0n) is 17.9. The molecule has 0 spiro atoms. The molecular formula is C23H32N6O. The predicted octanol–water partition coefficient (Wildman–Crippen LogP) is 2.55. The molecule has 1 fully saturated rings. The molecule has 1 amide bonds. The highest BCUT2D eigenvalue weighted by Gasteiger charge is 2.20. The van der Waals surface area contributed by atoms with Crippen LogP contribution in [-0.4, -0.2) is 54.5 Å². The molecule has 7 heteroatoms. The highest BCUT2D eigenvalue weighted by atomic mass is 16.1. The monoisotopic (exact) mass is 408 g/mol. The lowest BCUT2D eigenvalue weighted by Gasteiger charge is -2.33. The van der Waals surface area contributed by atoms with Gasteiger partial charge in [0.2, 0.25) is 5.91 Å². The SMILES string of the molecule is CN=C(NCCC(=O)Nc1ccc(C)cn1)NC1CCN(Cc2ccccc2)CC1. The normalized spacial score (nSPS) is 15.6. The maximum atomic E-state index is 12.1.